The summed E-state index contributed by atoms with van der Waals surface area (Å²) in [6.45, 7) is 8.81. The molecule has 0 radical (unpaired) electrons. The second-order valence-electron chi connectivity index (χ2n) is 6.35. The molecular formula is C20H27N3O2. The standard InChI is InChI=1S/C20H27N3O2/c1-4-22-20(24)17-7-10-19(23-14-17)25-18-8-5-16(6-9-18)13-21-12-11-15(2)3/h5-10,14-15,21H,4,11-13H2,1-3H3,(H,22,24). The first-order valence-electron chi connectivity index (χ1n) is 8.80. The third kappa shape index (κ3) is 6.55. The summed E-state index contributed by atoms with van der Waals surface area (Å²) in [5, 5.41) is 6.18. The van der Waals surface area contributed by atoms with Gasteiger partial charge in [-0.25, -0.2) is 4.98 Å². The van der Waals surface area contributed by atoms with Crippen LogP contribution in [0.15, 0.2) is 42.6 Å². The van der Waals surface area contributed by atoms with E-state index in [0.29, 0.717) is 18.0 Å². The number of amides is 1. The zero-order chi connectivity index (χ0) is 18.1. The lowest BCUT2D eigenvalue weighted by atomic mass is 10.1. The number of hydrogen-bond donors (Lipinski definition) is 2. The van der Waals surface area contributed by atoms with Gasteiger partial charge in [0, 0.05) is 25.4 Å². The third-order valence-corrected chi connectivity index (χ3v) is 3.71. The quantitative estimate of drug-likeness (QED) is 0.682. The number of hydrogen-bond acceptors (Lipinski definition) is 4. The molecule has 5 heteroatoms. The largest absolute Gasteiger partial charge is 0.439 e. The molecule has 134 valence electrons. The highest BCUT2D eigenvalue weighted by molar-refractivity contribution is 5.93. The van der Waals surface area contributed by atoms with E-state index >= 15 is 0 Å². The lowest BCUT2D eigenvalue weighted by molar-refractivity contribution is 0.0955. The highest BCUT2D eigenvalue weighted by atomic mass is 16.5. The number of carbonyl (C=O) groups excluding carboxylic acids is 1. The van der Waals surface area contributed by atoms with Crippen molar-refractivity contribution in [2.45, 2.75) is 33.7 Å². The average molecular weight is 341 g/mol. The average Bonchev–Trinajstić information content (AvgIpc) is 2.61. The minimum Gasteiger partial charge on any atom is -0.439 e. The SMILES string of the molecule is CCNC(=O)c1ccc(Oc2ccc(CNCCC(C)C)cc2)nc1. The van der Waals surface area contributed by atoms with Crippen molar-refractivity contribution in [3.8, 4) is 11.6 Å². The van der Waals surface area contributed by atoms with Crippen LogP contribution in [0.2, 0.25) is 0 Å². The molecule has 5 nitrogen and oxygen atoms in total. The second-order valence-corrected chi connectivity index (χ2v) is 6.35. The summed E-state index contributed by atoms with van der Waals surface area (Å²) in [6.07, 6.45) is 2.70. The van der Waals surface area contributed by atoms with Crippen LogP contribution in [0.3, 0.4) is 0 Å². The predicted octanol–water partition coefficient (Wildman–Crippen LogP) is 3.76. The van der Waals surface area contributed by atoms with Gasteiger partial charge in [-0.15, -0.1) is 0 Å². The van der Waals surface area contributed by atoms with Crippen LogP contribution in [0.5, 0.6) is 11.6 Å². The van der Waals surface area contributed by atoms with Gasteiger partial charge in [0.15, 0.2) is 0 Å². The van der Waals surface area contributed by atoms with Crippen molar-refractivity contribution in [2.24, 2.45) is 5.92 Å². The lowest BCUT2D eigenvalue weighted by Gasteiger charge is -2.09. The molecule has 2 rings (SSSR count). The molecule has 0 spiro atoms. The summed E-state index contributed by atoms with van der Waals surface area (Å²) in [7, 11) is 0. The molecule has 0 saturated carbocycles. The third-order valence-electron chi connectivity index (χ3n) is 3.71. The number of benzene rings is 1. The summed E-state index contributed by atoms with van der Waals surface area (Å²) in [5.74, 6) is 1.78. The Labute approximate surface area is 149 Å². The Hall–Kier alpha value is -2.40. The van der Waals surface area contributed by atoms with Crippen LogP contribution >= 0.6 is 0 Å². The fraction of sp³-hybridized carbons (Fsp3) is 0.400. The minimum absolute atomic E-state index is 0.129. The van der Waals surface area contributed by atoms with Gasteiger partial charge in [-0.2, -0.15) is 0 Å². The van der Waals surface area contributed by atoms with Crippen molar-refractivity contribution < 1.29 is 9.53 Å². The number of aromatic nitrogens is 1. The fourth-order valence-electron chi connectivity index (χ4n) is 2.26. The van der Waals surface area contributed by atoms with Crippen LogP contribution in [-0.2, 0) is 6.54 Å². The van der Waals surface area contributed by atoms with E-state index in [9.17, 15) is 4.79 Å². The molecule has 0 fully saturated rings. The van der Waals surface area contributed by atoms with Gasteiger partial charge in [0.2, 0.25) is 5.88 Å². The molecule has 0 bridgehead atoms. The van der Waals surface area contributed by atoms with Crippen molar-refractivity contribution in [3.63, 3.8) is 0 Å². The van der Waals surface area contributed by atoms with Crippen molar-refractivity contribution in [2.75, 3.05) is 13.1 Å². The van der Waals surface area contributed by atoms with Gasteiger partial charge in [-0.1, -0.05) is 26.0 Å². The zero-order valence-electron chi connectivity index (χ0n) is 15.2. The maximum absolute atomic E-state index is 11.7. The highest BCUT2D eigenvalue weighted by Crippen LogP contribution is 2.20. The number of pyridine rings is 1. The number of carbonyl (C=O) groups is 1. The van der Waals surface area contributed by atoms with E-state index in [-0.39, 0.29) is 5.91 Å². The Bertz CT molecular complexity index is 652. The van der Waals surface area contributed by atoms with Crippen molar-refractivity contribution in [3.05, 3.63) is 53.7 Å². The summed E-state index contributed by atoms with van der Waals surface area (Å²) < 4.78 is 5.72. The molecule has 25 heavy (non-hydrogen) atoms. The van der Waals surface area contributed by atoms with Crippen molar-refractivity contribution >= 4 is 5.91 Å². The molecule has 1 aromatic heterocycles. The number of nitrogens with zero attached hydrogens (tertiary/aromatic N) is 1. The molecule has 0 atom stereocenters. The zero-order valence-corrected chi connectivity index (χ0v) is 15.2. The molecule has 2 N–H and O–H groups in total. The van der Waals surface area contributed by atoms with Crippen LogP contribution in [0, 0.1) is 5.92 Å². The van der Waals surface area contributed by atoms with Gasteiger partial charge in [-0.05, 0) is 49.6 Å². The van der Waals surface area contributed by atoms with Crippen molar-refractivity contribution in [1.82, 2.24) is 15.6 Å². The van der Waals surface area contributed by atoms with E-state index in [1.165, 1.54) is 18.2 Å². The molecular weight excluding hydrogens is 314 g/mol. The minimum atomic E-state index is -0.129. The maximum Gasteiger partial charge on any atom is 0.252 e. The molecule has 0 saturated heterocycles. The normalized spacial score (nSPS) is 10.7. The Morgan fingerprint density at radius 1 is 1.16 bits per heavy atom. The molecule has 1 amide bonds. The Morgan fingerprint density at radius 2 is 1.92 bits per heavy atom. The van der Waals surface area contributed by atoms with Gasteiger partial charge in [0.25, 0.3) is 5.91 Å². The topological polar surface area (TPSA) is 63.2 Å². The summed E-state index contributed by atoms with van der Waals surface area (Å²) in [4.78, 5) is 15.9. The summed E-state index contributed by atoms with van der Waals surface area (Å²) in [6, 6.07) is 11.4. The molecule has 2 aromatic rings. The predicted molar refractivity (Wildman–Crippen MR) is 99.9 cm³/mol. The van der Waals surface area contributed by atoms with E-state index in [1.807, 2.05) is 31.2 Å². The van der Waals surface area contributed by atoms with Crippen LogP contribution in [-0.4, -0.2) is 24.0 Å². The van der Waals surface area contributed by atoms with Crippen LogP contribution in [0.1, 0.15) is 43.1 Å². The van der Waals surface area contributed by atoms with Crippen LogP contribution < -0.4 is 15.4 Å². The number of ether oxygens (including phenoxy) is 1. The fourth-order valence-corrected chi connectivity index (χ4v) is 2.26. The van der Waals surface area contributed by atoms with Gasteiger partial charge in [0.05, 0.1) is 5.56 Å². The molecule has 0 unspecified atom stereocenters. The van der Waals surface area contributed by atoms with Crippen LogP contribution in [0.4, 0.5) is 0 Å². The first-order valence-corrected chi connectivity index (χ1v) is 8.80. The summed E-state index contributed by atoms with van der Waals surface area (Å²) >= 11 is 0. The Kier molecular flexibility index (Phi) is 7.41. The highest BCUT2D eigenvalue weighted by Gasteiger charge is 2.05. The van der Waals surface area contributed by atoms with Crippen LogP contribution in [0.25, 0.3) is 0 Å². The number of rotatable bonds is 9. The summed E-state index contributed by atoms with van der Waals surface area (Å²) in [5.41, 5.74) is 1.74. The first-order chi connectivity index (χ1) is 12.1. The Morgan fingerprint density at radius 3 is 2.52 bits per heavy atom. The smallest absolute Gasteiger partial charge is 0.252 e. The van der Waals surface area contributed by atoms with E-state index < -0.39 is 0 Å². The second kappa shape index (κ2) is 9.79. The van der Waals surface area contributed by atoms with Gasteiger partial charge in [-0.3, -0.25) is 4.79 Å². The van der Waals surface area contributed by atoms with E-state index in [0.717, 1.165) is 24.8 Å². The first kappa shape index (κ1) is 18.9. The van der Waals surface area contributed by atoms with E-state index in [2.05, 4.69) is 29.5 Å². The maximum atomic E-state index is 11.7. The molecule has 1 aromatic carbocycles. The van der Waals surface area contributed by atoms with E-state index in [4.69, 9.17) is 4.74 Å². The van der Waals surface area contributed by atoms with Gasteiger partial charge in [0.1, 0.15) is 5.75 Å². The van der Waals surface area contributed by atoms with Gasteiger partial charge >= 0.3 is 0 Å². The van der Waals surface area contributed by atoms with Gasteiger partial charge < -0.3 is 15.4 Å². The lowest BCUT2D eigenvalue weighted by Crippen LogP contribution is -2.22. The molecule has 1 heterocycles. The monoisotopic (exact) mass is 341 g/mol. The molecule has 0 aliphatic rings. The number of nitrogens with one attached hydrogen (secondary N) is 2. The van der Waals surface area contributed by atoms with Crippen molar-refractivity contribution in [1.29, 1.82) is 0 Å². The molecule has 0 aliphatic carbocycles. The Balaban J connectivity index is 1.85. The van der Waals surface area contributed by atoms with E-state index in [1.54, 1.807) is 12.1 Å². The molecule has 0 aliphatic heterocycles.